The van der Waals surface area contributed by atoms with E-state index in [1.165, 1.54) is 27.7 Å². The molecule has 1 saturated heterocycles. The first-order valence-electron chi connectivity index (χ1n) is 11.5. The van der Waals surface area contributed by atoms with Gasteiger partial charge in [-0.05, 0) is 64.8 Å². The number of fused-ring (bicyclic) bond motifs is 1. The van der Waals surface area contributed by atoms with Gasteiger partial charge in [-0.3, -0.25) is 9.13 Å². The van der Waals surface area contributed by atoms with Gasteiger partial charge in [-0.25, -0.2) is 27.5 Å². The maximum atomic E-state index is 13.8. The van der Waals surface area contributed by atoms with Crippen molar-refractivity contribution in [2.24, 2.45) is 5.92 Å². The largest absolute Gasteiger partial charge is 0.381 e. The molecule has 3 heterocycles. The number of carbonyl (C=O) groups is 1. The molecule has 0 radical (unpaired) electrons. The SMILES string of the molecule is CSc1cc(C2CCOCC2)ccc1Nc1cc(NC(=O)C2CC2(F)F)nc2c1nc(C(F)F)n2PI. The molecule has 2 aromatic heterocycles. The Morgan fingerprint density at radius 3 is 2.59 bits per heavy atom. The zero-order valence-corrected chi connectivity index (χ0v) is 23.5. The van der Waals surface area contributed by atoms with Crippen molar-refractivity contribution in [2.75, 3.05) is 30.1 Å². The minimum absolute atomic E-state index is 0.0103. The summed E-state index contributed by atoms with van der Waals surface area (Å²) >= 11 is 3.48. The van der Waals surface area contributed by atoms with E-state index >= 15 is 0 Å². The predicted molar refractivity (Wildman–Crippen MR) is 146 cm³/mol. The van der Waals surface area contributed by atoms with Gasteiger partial charge in [0.15, 0.2) is 11.5 Å². The van der Waals surface area contributed by atoms with Crippen LogP contribution in [0, 0.1) is 5.92 Å². The molecule has 7 nitrogen and oxygen atoms in total. The number of rotatable bonds is 8. The standard InChI is InChI=1S/C23H23F4IN5O2PS/c1-37-16-8-12(11-4-6-35-7-5-11)2-3-14(16)29-15-9-17(31-22(34)13-10-23(13,26)27)30-20-18(15)32-21(19(24)25)33(20)36-28/h2-3,8-9,11,13,19,36H,4-7,10H2,1H3,(H2,29,30,31,34). The van der Waals surface area contributed by atoms with Gasteiger partial charge >= 0.3 is 0 Å². The molecule has 2 unspecified atom stereocenters. The van der Waals surface area contributed by atoms with Crippen molar-refractivity contribution in [2.45, 2.75) is 42.4 Å². The Morgan fingerprint density at radius 2 is 1.97 bits per heavy atom. The molecule has 3 aromatic rings. The van der Waals surface area contributed by atoms with Gasteiger partial charge in [0.1, 0.15) is 17.3 Å². The first kappa shape index (κ1) is 26.9. The van der Waals surface area contributed by atoms with Crippen LogP contribution in [0.5, 0.6) is 0 Å². The van der Waals surface area contributed by atoms with Gasteiger partial charge in [-0.1, -0.05) is 6.07 Å². The normalized spacial score (nSPS) is 19.7. The average Bonchev–Trinajstić information content (AvgIpc) is 3.36. The fourth-order valence-corrected chi connectivity index (χ4v) is 6.90. The van der Waals surface area contributed by atoms with Crippen molar-refractivity contribution in [3.05, 3.63) is 35.7 Å². The third-order valence-corrected chi connectivity index (χ3v) is 9.34. The summed E-state index contributed by atoms with van der Waals surface area (Å²) in [7, 11) is 0. The second-order valence-corrected chi connectivity index (χ2v) is 11.8. The molecule has 0 bridgehead atoms. The molecular formula is C23H23F4IN5O2PS. The highest BCUT2D eigenvalue weighted by molar-refractivity contribution is 14.2. The summed E-state index contributed by atoms with van der Waals surface area (Å²) in [6.07, 6.45) is 0.329. The van der Waals surface area contributed by atoms with Crippen LogP contribution in [0.25, 0.3) is 11.2 Å². The minimum Gasteiger partial charge on any atom is -0.381 e. The van der Waals surface area contributed by atoms with E-state index in [-0.39, 0.29) is 23.4 Å². The summed E-state index contributed by atoms with van der Waals surface area (Å²) in [4.78, 5) is 21.7. The molecule has 1 aliphatic heterocycles. The molecule has 2 fully saturated rings. The van der Waals surface area contributed by atoms with Crippen molar-refractivity contribution >= 4 is 74.4 Å². The van der Waals surface area contributed by atoms with E-state index < -0.39 is 36.4 Å². The van der Waals surface area contributed by atoms with Crippen LogP contribution in [-0.4, -0.2) is 45.6 Å². The van der Waals surface area contributed by atoms with E-state index in [2.05, 4.69) is 26.7 Å². The third-order valence-electron chi connectivity index (χ3n) is 6.50. The van der Waals surface area contributed by atoms with Gasteiger partial charge in [0.2, 0.25) is 5.91 Å². The Labute approximate surface area is 229 Å². The maximum absolute atomic E-state index is 13.8. The lowest BCUT2D eigenvalue weighted by Gasteiger charge is -2.23. The number of thioether (sulfide) groups is 1. The number of amides is 1. The van der Waals surface area contributed by atoms with Crippen LogP contribution in [0.2, 0.25) is 0 Å². The third kappa shape index (κ3) is 5.55. The highest BCUT2D eigenvalue weighted by Crippen LogP contribution is 2.49. The number of pyridine rings is 1. The summed E-state index contributed by atoms with van der Waals surface area (Å²) in [5.74, 6) is -5.37. The van der Waals surface area contributed by atoms with Crippen LogP contribution in [-0.2, 0) is 9.53 Å². The Morgan fingerprint density at radius 1 is 1.24 bits per heavy atom. The number of nitrogens with zero attached hydrogens (tertiary/aromatic N) is 3. The quantitative estimate of drug-likeness (QED) is 0.115. The van der Waals surface area contributed by atoms with Crippen molar-refractivity contribution < 1.29 is 27.1 Å². The topological polar surface area (TPSA) is 81.1 Å². The van der Waals surface area contributed by atoms with Crippen molar-refractivity contribution in [3.8, 4) is 0 Å². The van der Waals surface area contributed by atoms with Crippen molar-refractivity contribution in [1.82, 2.24) is 14.3 Å². The molecule has 0 spiro atoms. The number of halogens is 5. The van der Waals surface area contributed by atoms with E-state index in [1.54, 1.807) is 0 Å². The number of anilines is 3. The minimum atomic E-state index is -3.04. The number of carbonyl (C=O) groups excluding carboxylic acids is 1. The highest BCUT2D eigenvalue weighted by Gasteiger charge is 2.61. The smallest absolute Gasteiger partial charge is 0.295 e. The van der Waals surface area contributed by atoms with Crippen LogP contribution < -0.4 is 10.6 Å². The second-order valence-electron chi connectivity index (χ2n) is 8.90. The van der Waals surface area contributed by atoms with Gasteiger partial charge in [0.05, 0.1) is 17.7 Å². The van der Waals surface area contributed by atoms with Crippen molar-refractivity contribution in [3.63, 3.8) is 0 Å². The van der Waals surface area contributed by atoms with Gasteiger partial charge in [-0.2, -0.15) is 0 Å². The molecule has 1 aliphatic carbocycles. The summed E-state index contributed by atoms with van der Waals surface area (Å²) in [5.41, 5.74) is 2.61. The molecule has 37 heavy (non-hydrogen) atoms. The molecule has 198 valence electrons. The second kappa shape index (κ2) is 10.8. The summed E-state index contributed by atoms with van der Waals surface area (Å²) in [5, 5.41) is 5.70. The Bertz CT molecular complexity index is 1340. The molecule has 1 saturated carbocycles. The number of aromatic nitrogens is 3. The molecule has 2 N–H and O–H groups in total. The van der Waals surface area contributed by atoms with Crippen LogP contribution in [0.1, 0.15) is 43.0 Å². The molecule has 5 rings (SSSR count). The summed E-state index contributed by atoms with van der Waals surface area (Å²) < 4.78 is 61.1. The first-order chi connectivity index (χ1) is 17.7. The Kier molecular flexibility index (Phi) is 7.86. The fourth-order valence-electron chi connectivity index (χ4n) is 4.41. The zero-order chi connectivity index (χ0) is 26.3. The van der Waals surface area contributed by atoms with E-state index in [4.69, 9.17) is 4.74 Å². The maximum Gasteiger partial charge on any atom is 0.295 e. The summed E-state index contributed by atoms with van der Waals surface area (Å²) in [6.45, 7) is 1.45. The molecular weight excluding hydrogens is 644 g/mol. The number of nitrogens with one attached hydrogen (secondary N) is 2. The Balaban J connectivity index is 1.53. The number of ether oxygens (including phenoxy) is 1. The number of alkyl halides is 4. The number of hydrogen-bond acceptors (Lipinski definition) is 6. The van der Waals surface area contributed by atoms with E-state index in [1.807, 2.05) is 40.4 Å². The zero-order valence-electron chi connectivity index (χ0n) is 19.5. The van der Waals surface area contributed by atoms with Gasteiger partial charge in [0.25, 0.3) is 12.3 Å². The van der Waals surface area contributed by atoms with E-state index in [0.717, 1.165) is 36.6 Å². The van der Waals surface area contributed by atoms with Gasteiger partial charge in [-0.15, -0.1) is 11.8 Å². The first-order valence-corrected chi connectivity index (χ1v) is 16.8. The predicted octanol–water partition coefficient (Wildman–Crippen LogP) is 7.11. The number of imidazole rings is 1. The number of hydrogen-bond donors (Lipinski definition) is 2. The average molecular weight is 667 g/mol. The van der Waals surface area contributed by atoms with Crippen LogP contribution in [0.3, 0.4) is 0 Å². The van der Waals surface area contributed by atoms with Crippen LogP contribution >= 0.6 is 40.2 Å². The lowest BCUT2D eigenvalue weighted by atomic mass is 9.91. The van der Waals surface area contributed by atoms with Crippen LogP contribution in [0.4, 0.5) is 34.8 Å². The van der Waals surface area contributed by atoms with Gasteiger partial charge in [0, 0.05) is 30.6 Å². The summed E-state index contributed by atoms with van der Waals surface area (Å²) in [6, 6.07) is 7.51. The molecule has 14 heteroatoms. The Hall–Kier alpha value is -1.70. The molecule has 1 amide bonds. The number of benzene rings is 1. The van der Waals surface area contributed by atoms with E-state index in [0.29, 0.717) is 11.6 Å². The van der Waals surface area contributed by atoms with Crippen molar-refractivity contribution in [1.29, 1.82) is 0 Å². The molecule has 1 aromatic carbocycles. The van der Waals surface area contributed by atoms with Crippen LogP contribution in [0.15, 0.2) is 29.2 Å². The monoisotopic (exact) mass is 667 g/mol. The lowest BCUT2D eigenvalue weighted by Crippen LogP contribution is -2.18. The fraction of sp³-hybridized carbons (Fsp3) is 0.435. The van der Waals surface area contributed by atoms with E-state index in [9.17, 15) is 22.4 Å². The molecule has 2 aliphatic rings. The highest BCUT2D eigenvalue weighted by atomic mass is 127. The molecule has 2 atom stereocenters. The van der Waals surface area contributed by atoms with Gasteiger partial charge < -0.3 is 15.4 Å². The lowest BCUT2D eigenvalue weighted by molar-refractivity contribution is -0.119.